The molecular formula is C12H15N3S. The van der Waals surface area contributed by atoms with Gasteiger partial charge in [0, 0.05) is 5.54 Å². The van der Waals surface area contributed by atoms with Crippen molar-refractivity contribution in [1.29, 1.82) is 0 Å². The highest BCUT2D eigenvalue weighted by Gasteiger charge is 2.38. The number of rotatable bonds is 3. The lowest BCUT2D eigenvalue weighted by atomic mass is 9.99. The van der Waals surface area contributed by atoms with Crippen LogP contribution in [0.1, 0.15) is 26.7 Å². The summed E-state index contributed by atoms with van der Waals surface area (Å²) in [4.78, 5) is 9.68. The van der Waals surface area contributed by atoms with E-state index in [1.165, 1.54) is 12.8 Å². The zero-order valence-corrected chi connectivity index (χ0v) is 10.3. The number of fused-ring (bicyclic) bond motifs is 1. The quantitative estimate of drug-likeness (QED) is 0.884. The van der Waals surface area contributed by atoms with Crippen LogP contribution in [-0.4, -0.2) is 15.5 Å². The zero-order valence-electron chi connectivity index (χ0n) is 9.53. The van der Waals surface area contributed by atoms with Crippen molar-refractivity contribution in [3.63, 3.8) is 0 Å². The van der Waals surface area contributed by atoms with E-state index < -0.39 is 0 Å². The Kier molecular flexibility index (Phi) is 2.14. The predicted octanol–water partition coefficient (Wildman–Crippen LogP) is 3.29. The largest absolute Gasteiger partial charge is 0.364 e. The van der Waals surface area contributed by atoms with Gasteiger partial charge in [-0.15, -0.1) is 11.3 Å². The van der Waals surface area contributed by atoms with Crippen molar-refractivity contribution >= 4 is 27.4 Å². The van der Waals surface area contributed by atoms with Crippen molar-refractivity contribution in [1.82, 2.24) is 9.97 Å². The van der Waals surface area contributed by atoms with E-state index in [9.17, 15) is 0 Å². The minimum Gasteiger partial charge on any atom is -0.364 e. The smallest absolute Gasteiger partial charge is 0.138 e. The van der Waals surface area contributed by atoms with Crippen molar-refractivity contribution in [2.45, 2.75) is 32.2 Å². The van der Waals surface area contributed by atoms with Gasteiger partial charge in [0.05, 0.1) is 5.39 Å². The van der Waals surface area contributed by atoms with Crippen LogP contribution in [-0.2, 0) is 0 Å². The second kappa shape index (κ2) is 3.42. The molecule has 2 aromatic heterocycles. The number of nitrogens with one attached hydrogen (secondary N) is 1. The third-order valence-electron chi connectivity index (χ3n) is 3.30. The van der Waals surface area contributed by atoms with E-state index >= 15 is 0 Å². The van der Waals surface area contributed by atoms with Gasteiger partial charge in [0.2, 0.25) is 0 Å². The van der Waals surface area contributed by atoms with Crippen LogP contribution >= 0.6 is 11.3 Å². The SMILES string of the molecule is CC(C)(Nc1ncnc2sccc12)C1CC1. The fraction of sp³-hybridized carbons (Fsp3) is 0.500. The van der Waals surface area contributed by atoms with Gasteiger partial charge < -0.3 is 5.32 Å². The minimum absolute atomic E-state index is 0.142. The monoisotopic (exact) mass is 233 g/mol. The molecule has 3 nitrogen and oxygen atoms in total. The summed E-state index contributed by atoms with van der Waals surface area (Å²) >= 11 is 1.66. The van der Waals surface area contributed by atoms with Crippen molar-refractivity contribution in [2.24, 2.45) is 5.92 Å². The van der Waals surface area contributed by atoms with Gasteiger partial charge in [-0.1, -0.05) is 0 Å². The molecule has 0 amide bonds. The first-order valence-electron chi connectivity index (χ1n) is 5.63. The Bertz CT molecular complexity index is 514. The number of hydrogen-bond acceptors (Lipinski definition) is 4. The van der Waals surface area contributed by atoms with Gasteiger partial charge in [-0.25, -0.2) is 9.97 Å². The van der Waals surface area contributed by atoms with Crippen molar-refractivity contribution in [2.75, 3.05) is 5.32 Å². The molecular weight excluding hydrogens is 218 g/mol. The average Bonchev–Trinajstić information content (AvgIpc) is 2.98. The van der Waals surface area contributed by atoms with Crippen LogP contribution in [0.2, 0.25) is 0 Å². The van der Waals surface area contributed by atoms with Gasteiger partial charge in [0.1, 0.15) is 17.0 Å². The molecule has 1 aliphatic carbocycles. The van der Waals surface area contributed by atoms with Crippen molar-refractivity contribution in [3.05, 3.63) is 17.8 Å². The van der Waals surface area contributed by atoms with Gasteiger partial charge in [-0.05, 0) is 44.1 Å². The van der Waals surface area contributed by atoms with E-state index in [1.807, 2.05) is 0 Å². The van der Waals surface area contributed by atoms with E-state index in [-0.39, 0.29) is 5.54 Å². The lowest BCUT2D eigenvalue weighted by molar-refractivity contribution is 0.493. The predicted molar refractivity (Wildman–Crippen MR) is 67.8 cm³/mol. The van der Waals surface area contributed by atoms with Crippen LogP contribution in [0.25, 0.3) is 10.2 Å². The molecule has 0 aromatic carbocycles. The summed E-state index contributed by atoms with van der Waals surface area (Å²) < 4.78 is 0. The molecule has 1 N–H and O–H groups in total. The fourth-order valence-electron chi connectivity index (χ4n) is 2.10. The van der Waals surface area contributed by atoms with Gasteiger partial charge in [-0.2, -0.15) is 0 Å². The summed E-state index contributed by atoms with van der Waals surface area (Å²) in [5, 5.41) is 6.77. The molecule has 0 aliphatic heterocycles. The molecule has 84 valence electrons. The lowest BCUT2D eigenvalue weighted by Gasteiger charge is -2.27. The van der Waals surface area contributed by atoms with Crippen molar-refractivity contribution in [3.8, 4) is 0 Å². The number of hydrogen-bond donors (Lipinski definition) is 1. The summed E-state index contributed by atoms with van der Waals surface area (Å²) in [5.41, 5.74) is 0.142. The summed E-state index contributed by atoms with van der Waals surface area (Å²) in [6, 6.07) is 2.09. The highest BCUT2D eigenvalue weighted by molar-refractivity contribution is 7.16. The molecule has 0 spiro atoms. The van der Waals surface area contributed by atoms with Crippen LogP contribution in [0.15, 0.2) is 17.8 Å². The second-order valence-electron chi connectivity index (χ2n) is 4.98. The fourth-order valence-corrected chi connectivity index (χ4v) is 2.83. The van der Waals surface area contributed by atoms with Gasteiger partial charge in [0.15, 0.2) is 0 Å². The molecule has 2 heterocycles. The summed E-state index contributed by atoms with van der Waals surface area (Å²) in [7, 11) is 0. The molecule has 1 saturated carbocycles. The molecule has 1 aliphatic rings. The lowest BCUT2D eigenvalue weighted by Crippen LogP contribution is -2.33. The molecule has 1 fully saturated rings. The maximum absolute atomic E-state index is 4.36. The first-order valence-corrected chi connectivity index (χ1v) is 6.51. The Morgan fingerprint density at radius 1 is 1.38 bits per heavy atom. The Morgan fingerprint density at radius 2 is 2.19 bits per heavy atom. The van der Waals surface area contributed by atoms with E-state index in [0.717, 1.165) is 22.0 Å². The Balaban J connectivity index is 1.96. The Morgan fingerprint density at radius 3 is 2.94 bits per heavy atom. The Hall–Kier alpha value is -1.16. The topological polar surface area (TPSA) is 37.8 Å². The second-order valence-corrected chi connectivity index (χ2v) is 5.88. The standard InChI is InChI=1S/C12H15N3S/c1-12(2,8-3-4-8)15-10-9-5-6-16-11(9)14-7-13-10/h5-8H,3-4H2,1-2H3,(H,13,14,15). The normalized spacial score (nSPS) is 16.6. The third-order valence-corrected chi connectivity index (χ3v) is 4.12. The van der Waals surface area contributed by atoms with Crippen molar-refractivity contribution < 1.29 is 0 Å². The third kappa shape index (κ3) is 1.67. The molecule has 0 saturated heterocycles. The number of nitrogens with zero attached hydrogens (tertiary/aromatic N) is 2. The molecule has 3 rings (SSSR count). The summed E-state index contributed by atoms with van der Waals surface area (Å²) in [5.74, 6) is 1.76. The van der Waals surface area contributed by atoms with E-state index in [2.05, 4.69) is 40.6 Å². The molecule has 2 aromatic rings. The minimum atomic E-state index is 0.142. The van der Waals surface area contributed by atoms with Gasteiger partial charge in [0.25, 0.3) is 0 Å². The molecule has 0 bridgehead atoms. The first-order chi connectivity index (χ1) is 7.67. The van der Waals surface area contributed by atoms with E-state index in [4.69, 9.17) is 0 Å². The van der Waals surface area contributed by atoms with Gasteiger partial charge >= 0.3 is 0 Å². The van der Waals surface area contributed by atoms with Crippen LogP contribution in [0, 0.1) is 5.92 Å². The maximum Gasteiger partial charge on any atom is 0.138 e. The van der Waals surface area contributed by atoms with Crippen LogP contribution < -0.4 is 5.32 Å². The highest BCUT2D eigenvalue weighted by atomic mass is 32.1. The molecule has 0 radical (unpaired) electrons. The molecule has 0 unspecified atom stereocenters. The van der Waals surface area contributed by atoms with E-state index in [0.29, 0.717) is 0 Å². The molecule has 0 atom stereocenters. The summed E-state index contributed by atoms with van der Waals surface area (Å²) in [6.07, 6.45) is 4.31. The first kappa shape index (κ1) is 10.0. The van der Waals surface area contributed by atoms with Crippen LogP contribution in [0.4, 0.5) is 5.82 Å². The van der Waals surface area contributed by atoms with Crippen LogP contribution in [0.5, 0.6) is 0 Å². The number of aromatic nitrogens is 2. The molecule has 4 heteroatoms. The highest BCUT2D eigenvalue weighted by Crippen LogP contribution is 2.41. The number of thiophene rings is 1. The zero-order chi connectivity index (χ0) is 11.2. The van der Waals surface area contributed by atoms with E-state index in [1.54, 1.807) is 17.7 Å². The Labute approximate surface area is 98.9 Å². The van der Waals surface area contributed by atoms with Crippen LogP contribution in [0.3, 0.4) is 0 Å². The molecule has 16 heavy (non-hydrogen) atoms. The number of anilines is 1. The average molecular weight is 233 g/mol. The summed E-state index contributed by atoms with van der Waals surface area (Å²) in [6.45, 7) is 4.51. The maximum atomic E-state index is 4.36. The van der Waals surface area contributed by atoms with Gasteiger partial charge in [-0.3, -0.25) is 0 Å².